The van der Waals surface area contributed by atoms with Crippen LogP contribution in [0.5, 0.6) is 0 Å². The van der Waals surface area contributed by atoms with Gasteiger partial charge < -0.3 is 10.2 Å². The van der Waals surface area contributed by atoms with Gasteiger partial charge in [0.25, 0.3) is 0 Å². The first-order valence-corrected chi connectivity index (χ1v) is 11.4. The number of hydrogen-bond acceptors (Lipinski definition) is 4. The second kappa shape index (κ2) is 10.4. The van der Waals surface area contributed by atoms with Crippen LogP contribution in [0, 0.1) is 5.92 Å². The van der Waals surface area contributed by atoms with E-state index in [1.54, 1.807) is 0 Å². The van der Waals surface area contributed by atoms with E-state index in [1.807, 2.05) is 13.8 Å². The third-order valence-electron chi connectivity index (χ3n) is 4.75. The van der Waals surface area contributed by atoms with Crippen molar-refractivity contribution in [1.29, 1.82) is 0 Å². The highest BCUT2D eigenvalue weighted by atomic mass is 35.5. The molecule has 0 radical (unpaired) electrons. The largest absolute Gasteiger partial charge is 0.355 e. The molecule has 27 heavy (non-hydrogen) atoms. The number of piperidine rings is 1. The SMILES string of the molecule is CC(C)[C@H](NS(=O)(=O)c1ccc(Cl)cc1)C(=O)NCCCN1CCCCC1. The van der Waals surface area contributed by atoms with E-state index < -0.39 is 16.1 Å². The van der Waals surface area contributed by atoms with Crippen molar-refractivity contribution in [3.8, 4) is 0 Å². The minimum absolute atomic E-state index is 0.0930. The lowest BCUT2D eigenvalue weighted by molar-refractivity contribution is -0.123. The Morgan fingerprint density at radius 1 is 1.15 bits per heavy atom. The molecule has 1 saturated heterocycles. The predicted octanol–water partition coefficient (Wildman–Crippen LogP) is 2.64. The summed E-state index contributed by atoms with van der Waals surface area (Å²) in [6.07, 6.45) is 4.65. The lowest BCUT2D eigenvalue weighted by atomic mass is 10.1. The Morgan fingerprint density at radius 2 is 1.78 bits per heavy atom. The number of carbonyl (C=O) groups excluding carboxylic acids is 1. The number of rotatable bonds is 9. The fourth-order valence-corrected chi connectivity index (χ4v) is 4.62. The standard InChI is InChI=1S/C19H30ClN3O3S/c1-15(2)18(22-27(25,26)17-9-7-16(20)8-10-17)19(24)21-11-6-14-23-12-4-3-5-13-23/h7-10,15,18,22H,3-6,11-14H2,1-2H3,(H,21,24)/t18-/m0/s1. The van der Waals surface area contributed by atoms with Crippen LogP contribution in [-0.2, 0) is 14.8 Å². The molecule has 8 heteroatoms. The van der Waals surface area contributed by atoms with Crippen LogP contribution >= 0.6 is 11.6 Å². The minimum Gasteiger partial charge on any atom is -0.355 e. The number of likely N-dealkylation sites (tertiary alicyclic amines) is 1. The van der Waals surface area contributed by atoms with Crippen molar-refractivity contribution in [3.05, 3.63) is 29.3 Å². The Labute approximate surface area is 167 Å². The molecule has 1 aliphatic heterocycles. The van der Waals surface area contributed by atoms with Gasteiger partial charge in [-0.3, -0.25) is 4.79 Å². The number of hydrogen-bond donors (Lipinski definition) is 2. The van der Waals surface area contributed by atoms with Crippen molar-refractivity contribution in [3.63, 3.8) is 0 Å². The Morgan fingerprint density at radius 3 is 2.37 bits per heavy atom. The summed E-state index contributed by atoms with van der Waals surface area (Å²) < 4.78 is 27.6. The van der Waals surface area contributed by atoms with E-state index in [2.05, 4.69) is 14.9 Å². The molecule has 0 unspecified atom stereocenters. The van der Waals surface area contributed by atoms with Gasteiger partial charge in [0.2, 0.25) is 15.9 Å². The van der Waals surface area contributed by atoms with Crippen LogP contribution in [0.3, 0.4) is 0 Å². The second-order valence-electron chi connectivity index (χ2n) is 7.34. The van der Waals surface area contributed by atoms with Crippen LogP contribution in [0.4, 0.5) is 0 Å². The molecule has 2 rings (SSSR count). The van der Waals surface area contributed by atoms with Crippen LogP contribution in [0.15, 0.2) is 29.2 Å². The maximum Gasteiger partial charge on any atom is 0.241 e. The number of benzene rings is 1. The minimum atomic E-state index is -3.79. The van der Waals surface area contributed by atoms with Crippen molar-refractivity contribution >= 4 is 27.5 Å². The third-order valence-corrected chi connectivity index (χ3v) is 6.46. The molecule has 1 aromatic rings. The van der Waals surface area contributed by atoms with Gasteiger partial charge >= 0.3 is 0 Å². The van der Waals surface area contributed by atoms with E-state index >= 15 is 0 Å². The molecule has 1 atom stereocenters. The topological polar surface area (TPSA) is 78.5 Å². The van der Waals surface area contributed by atoms with Crippen LogP contribution < -0.4 is 10.0 Å². The van der Waals surface area contributed by atoms with Crippen LogP contribution in [0.2, 0.25) is 5.02 Å². The van der Waals surface area contributed by atoms with Gasteiger partial charge in [-0.15, -0.1) is 0 Å². The highest BCUT2D eigenvalue weighted by Crippen LogP contribution is 2.15. The van der Waals surface area contributed by atoms with E-state index in [9.17, 15) is 13.2 Å². The second-order valence-corrected chi connectivity index (χ2v) is 9.49. The number of amides is 1. The molecule has 6 nitrogen and oxygen atoms in total. The van der Waals surface area contributed by atoms with E-state index in [0.717, 1.165) is 26.1 Å². The molecule has 1 heterocycles. The number of sulfonamides is 1. The van der Waals surface area contributed by atoms with Gasteiger partial charge in [-0.1, -0.05) is 31.9 Å². The maximum absolute atomic E-state index is 12.6. The quantitative estimate of drug-likeness (QED) is 0.608. The van der Waals surface area contributed by atoms with Gasteiger partial charge in [0, 0.05) is 11.6 Å². The van der Waals surface area contributed by atoms with Crippen molar-refractivity contribution in [1.82, 2.24) is 14.9 Å². The monoisotopic (exact) mass is 415 g/mol. The lowest BCUT2D eigenvalue weighted by Crippen LogP contribution is -2.50. The molecule has 1 fully saturated rings. The Bertz CT molecular complexity index is 701. The van der Waals surface area contributed by atoms with Crippen LogP contribution in [0.25, 0.3) is 0 Å². The average Bonchev–Trinajstić information content (AvgIpc) is 2.64. The van der Waals surface area contributed by atoms with E-state index in [4.69, 9.17) is 11.6 Å². The van der Waals surface area contributed by atoms with Crippen molar-refractivity contribution in [2.24, 2.45) is 5.92 Å². The Balaban J connectivity index is 1.87. The van der Waals surface area contributed by atoms with Crippen molar-refractivity contribution < 1.29 is 13.2 Å². The van der Waals surface area contributed by atoms with Gasteiger partial charge in [-0.25, -0.2) is 8.42 Å². The van der Waals surface area contributed by atoms with Crippen molar-refractivity contribution in [2.45, 2.75) is 50.5 Å². The summed E-state index contributed by atoms with van der Waals surface area (Å²) in [5, 5.41) is 3.33. The Kier molecular flexibility index (Phi) is 8.54. The summed E-state index contributed by atoms with van der Waals surface area (Å²) in [6.45, 7) is 7.40. The molecule has 0 bridgehead atoms. The normalized spacial score (nSPS) is 17.0. The van der Waals surface area contributed by atoms with Gasteiger partial charge in [0.15, 0.2) is 0 Å². The van der Waals surface area contributed by atoms with Gasteiger partial charge in [0.05, 0.1) is 4.90 Å². The summed E-state index contributed by atoms with van der Waals surface area (Å²) in [7, 11) is -3.79. The van der Waals surface area contributed by atoms with Crippen LogP contribution in [0.1, 0.15) is 39.5 Å². The molecule has 0 saturated carbocycles. The smallest absolute Gasteiger partial charge is 0.241 e. The Hall–Kier alpha value is -1.15. The first-order chi connectivity index (χ1) is 12.8. The molecule has 0 aliphatic carbocycles. The molecule has 1 aromatic carbocycles. The zero-order valence-electron chi connectivity index (χ0n) is 16.1. The fourth-order valence-electron chi connectivity index (χ4n) is 3.15. The highest BCUT2D eigenvalue weighted by Gasteiger charge is 2.28. The molecule has 2 N–H and O–H groups in total. The molecule has 0 aromatic heterocycles. The number of carbonyl (C=O) groups is 1. The molecule has 1 aliphatic rings. The third kappa shape index (κ3) is 7.07. The van der Waals surface area contributed by atoms with E-state index in [-0.39, 0.29) is 16.7 Å². The summed E-state index contributed by atoms with van der Waals surface area (Å²) in [5.74, 6) is -0.463. The summed E-state index contributed by atoms with van der Waals surface area (Å²) in [4.78, 5) is 15.0. The summed E-state index contributed by atoms with van der Waals surface area (Å²) in [6, 6.07) is 5.07. The molecular formula is C19H30ClN3O3S. The lowest BCUT2D eigenvalue weighted by Gasteiger charge is -2.26. The van der Waals surface area contributed by atoms with E-state index in [1.165, 1.54) is 43.5 Å². The average molecular weight is 416 g/mol. The predicted molar refractivity (Wildman–Crippen MR) is 108 cm³/mol. The molecular weight excluding hydrogens is 386 g/mol. The van der Waals surface area contributed by atoms with Crippen LogP contribution in [-0.4, -0.2) is 51.4 Å². The molecule has 0 spiro atoms. The summed E-state index contributed by atoms with van der Waals surface area (Å²) >= 11 is 5.81. The van der Waals surface area contributed by atoms with Gasteiger partial charge in [-0.2, -0.15) is 4.72 Å². The maximum atomic E-state index is 12.6. The van der Waals surface area contributed by atoms with Crippen molar-refractivity contribution in [2.75, 3.05) is 26.2 Å². The zero-order chi connectivity index (χ0) is 19.9. The van der Waals surface area contributed by atoms with Gasteiger partial charge in [-0.05, 0) is 69.1 Å². The number of nitrogens with zero attached hydrogens (tertiary/aromatic N) is 1. The fraction of sp³-hybridized carbons (Fsp3) is 0.632. The number of nitrogens with one attached hydrogen (secondary N) is 2. The first-order valence-electron chi connectivity index (χ1n) is 9.57. The highest BCUT2D eigenvalue weighted by molar-refractivity contribution is 7.89. The van der Waals surface area contributed by atoms with E-state index in [0.29, 0.717) is 11.6 Å². The summed E-state index contributed by atoms with van der Waals surface area (Å²) in [5.41, 5.74) is 0. The molecule has 152 valence electrons. The zero-order valence-corrected chi connectivity index (χ0v) is 17.7. The first kappa shape index (κ1) is 22.1. The number of halogens is 1. The van der Waals surface area contributed by atoms with Gasteiger partial charge in [0.1, 0.15) is 6.04 Å². The molecule has 1 amide bonds.